The fourth-order valence-corrected chi connectivity index (χ4v) is 3.50. The van der Waals surface area contributed by atoms with E-state index in [1.807, 2.05) is 18.2 Å². The molecule has 1 aromatic heterocycles. The molecule has 0 spiro atoms. The lowest BCUT2D eigenvalue weighted by atomic mass is 10.0. The zero-order chi connectivity index (χ0) is 18.5. The maximum absolute atomic E-state index is 12.4. The number of aromatic nitrogens is 1. The summed E-state index contributed by atoms with van der Waals surface area (Å²) in [6, 6.07) is 9.52. The highest BCUT2D eigenvalue weighted by molar-refractivity contribution is 7.85. The van der Waals surface area contributed by atoms with Crippen molar-refractivity contribution in [2.24, 2.45) is 0 Å². The summed E-state index contributed by atoms with van der Waals surface area (Å²) in [5, 5.41) is 3.56. The van der Waals surface area contributed by atoms with E-state index in [9.17, 15) is 17.8 Å². The number of H-pyrrole nitrogens is 1. The van der Waals surface area contributed by atoms with Gasteiger partial charge in [-0.25, -0.2) is 0 Å². The smallest absolute Gasteiger partial charge is 0.294 e. The van der Waals surface area contributed by atoms with Gasteiger partial charge in [-0.05, 0) is 42.5 Å². The molecule has 0 unspecified atom stereocenters. The van der Waals surface area contributed by atoms with Crippen LogP contribution >= 0.6 is 0 Å². The second-order valence-corrected chi connectivity index (χ2v) is 7.27. The van der Waals surface area contributed by atoms with Gasteiger partial charge in [-0.15, -0.1) is 0 Å². The van der Waals surface area contributed by atoms with E-state index in [0.29, 0.717) is 22.6 Å². The average Bonchev–Trinajstić information content (AvgIpc) is 3.14. The van der Waals surface area contributed by atoms with Crippen LogP contribution in [0.5, 0.6) is 5.75 Å². The molecule has 1 amide bonds. The van der Waals surface area contributed by atoms with Gasteiger partial charge < -0.3 is 15.0 Å². The molecule has 2 heterocycles. The average molecular weight is 370 g/mol. The highest BCUT2D eigenvalue weighted by Crippen LogP contribution is 2.36. The van der Waals surface area contributed by atoms with Crippen LogP contribution < -0.4 is 10.1 Å². The van der Waals surface area contributed by atoms with E-state index < -0.39 is 10.1 Å². The molecule has 26 heavy (non-hydrogen) atoms. The molecule has 2 aromatic carbocycles. The minimum absolute atomic E-state index is 0.265. The maximum Gasteiger partial charge on any atom is 0.294 e. The van der Waals surface area contributed by atoms with Gasteiger partial charge in [0.15, 0.2) is 0 Å². The van der Waals surface area contributed by atoms with Gasteiger partial charge in [-0.1, -0.05) is 0 Å². The molecule has 0 bridgehead atoms. The minimum Gasteiger partial charge on any atom is -0.497 e. The van der Waals surface area contributed by atoms with Crippen LogP contribution in [0, 0.1) is 0 Å². The van der Waals surface area contributed by atoms with E-state index in [4.69, 9.17) is 4.74 Å². The topological polar surface area (TPSA) is 108 Å². The van der Waals surface area contributed by atoms with Crippen molar-refractivity contribution in [1.29, 1.82) is 0 Å². The first-order valence-electron chi connectivity index (χ1n) is 7.67. The first-order chi connectivity index (χ1) is 12.4. The highest BCUT2D eigenvalue weighted by Gasteiger charge is 2.26. The van der Waals surface area contributed by atoms with Gasteiger partial charge in [-0.2, -0.15) is 8.42 Å². The molecule has 0 atom stereocenters. The van der Waals surface area contributed by atoms with Crippen molar-refractivity contribution in [3.8, 4) is 5.75 Å². The van der Waals surface area contributed by atoms with Crippen LogP contribution in [0.15, 0.2) is 47.5 Å². The predicted molar refractivity (Wildman–Crippen MR) is 97.6 cm³/mol. The van der Waals surface area contributed by atoms with Crippen LogP contribution in [-0.4, -0.2) is 31.0 Å². The molecule has 3 aromatic rings. The lowest BCUT2D eigenvalue weighted by Crippen LogP contribution is -2.03. The van der Waals surface area contributed by atoms with E-state index in [0.717, 1.165) is 16.5 Å². The minimum atomic E-state index is -4.36. The van der Waals surface area contributed by atoms with Crippen LogP contribution in [0.1, 0.15) is 11.1 Å². The number of carbonyl (C=O) groups is 1. The predicted octanol–water partition coefficient (Wildman–Crippen LogP) is 2.92. The fourth-order valence-electron chi connectivity index (χ4n) is 2.99. The van der Waals surface area contributed by atoms with Gasteiger partial charge in [-0.3, -0.25) is 9.35 Å². The molecule has 8 heteroatoms. The first kappa shape index (κ1) is 16.4. The number of rotatable bonds is 3. The molecule has 0 radical (unpaired) electrons. The van der Waals surface area contributed by atoms with Crippen LogP contribution in [0.2, 0.25) is 0 Å². The summed E-state index contributed by atoms with van der Waals surface area (Å²) < 4.78 is 37.3. The number of fused-ring (bicyclic) bond motifs is 2. The number of nitrogens with one attached hydrogen (secondary N) is 2. The maximum atomic E-state index is 12.4. The Morgan fingerprint density at radius 1 is 1.15 bits per heavy atom. The molecule has 0 saturated heterocycles. The number of benzene rings is 2. The number of carbonyl (C=O) groups excluding carboxylic acids is 1. The Morgan fingerprint density at radius 2 is 1.96 bits per heavy atom. The number of amides is 1. The van der Waals surface area contributed by atoms with Crippen molar-refractivity contribution in [1.82, 2.24) is 4.98 Å². The Morgan fingerprint density at radius 3 is 2.69 bits per heavy atom. The third-order valence-electron chi connectivity index (χ3n) is 4.29. The molecule has 7 nitrogen and oxygen atoms in total. The quantitative estimate of drug-likeness (QED) is 0.485. The van der Waals surface area contributed by atoms with Gasteiger partial charge >= 0.3 is 0 Å². The van der Waals surface area contributed by atoms with E-state index >= 15 is 0 Å². The molecule has 1 aliphatic heterocycles. The van der Waals surface area contributed by atoms with Crippen molar-refractivity contribution in [3.05, 3.63) is 53.7 Å². The number of ether oxygens (including phenoxy) is 1. The lowest BCUT2D eigenvalue weighted by Gasteiger charge is -2.02. The van der Waals surface area contributed by atoms with Crippen molar-refractivity contribution in [2.75, 3.05) is 12.4 Å². The summed E-state index contributed by atoms with van der Waals surface area (Å²) in [5.74, 6) is 0.339. The second-order valence-electron chi connectivity index (χ2n) is 5.85. The van der Waals surface area contributed by atoms with E-state index in [1.165, 1.54) is 18.2 Å². The molecule has 0 aliphatic carbocycles. The summed E-state index contributed by atoms with van der Waals surface area (Å²) in [6.45, 7) is 0. The third kappa shape index (κ3) is 2.65. The van der Waals surface area contributed by atoms with Gasteiger partial charge in [0, 0.05) is 39.5 Å². The fraction of sp³-hybridized carbons (Fsp3) is 0.0556. The molecular weight excluding hydrogens is 356 g/mol. The third-order valence-corrected chi connectivity index (χ3v) is 5.14. The van der Waals surface area contributed by atoms with Gasteiger partial charge in [0.1, 0.15) is 5.75 Å². The van der Waals surface area contributed by atoms with Crippen molar-refractivity contribution < 1.29 is 22.5 Å². The number of hydrogen-bond donors (Lipinski definition) is 3. The molecule has 1 aliphatic rings. The zero-order valence-corrected chi connectivity index (χ0v) is 14.4. The molecule has 4 rings (SSSR count). The van der Waals surface area contributed by atoms with Gasteiger partial charge in [0.05, 0.1) is 12.0 Å². The van der Waals surface area contributed by atoms with E-state index in [1.54, 1.807) is 19.4 Å². The Labute approximate surface area is 149 Å². The number of aromatic amines is 1. The van der Waals surface area contributed by atoms with Crippen LogP contribution in [0.25, 0.3) is 22.6 Å². The SMILES string of the molecule is COc1ccc2[nH]cc(C=C3C(=O)Nc4ccc(S(=O)(=O)O)cc43)c2c1. The van der Waals surface area contributed by atoms with Crippen molar-refractivity contribution >= 4 is 44.3 Å². The molecule has 0 saturated carbocycles. The largest absolute Gasteiger partial charge is 0.497 e. The molecule has 0 fully saturated rings. The van der Waals surface area contributed by atoms with Gasteiger partial charge in [0.25, 0.3) is 16.0 Å². The lowest BCUT2D eigenvalue weighted by molar-refractivity contribution is -0.110. The van der Waals surface area contributed by atoms with Crippen LogP contribution in [0.4, 0.5) is 5.69 Å². The Balaban J connectivity index is 1.88. The van der Waals surface area contributed by atoms with E-state index in [-0.39, 0.29) is 10.8 Å². The first-order valence-corrected chi connectivity index (χ1v) is 9.11. The summed E-state index contributed by atoms with van der Waals surface area (Å²) in [7, 11) is -2.79. The summed E-state index contributed by atoms with van der Waals surface area (Å²) in [5.41, 5.74) is 2.86. The molecule has 3 N–H and O–H groups in total. The standard InChI is InChI=1S/C18H14N2O5S/c1-25-11-2-4-16-13(7-11)10(9-19-16)6-15-14-8-12(26(22,23)24)3-5-17(14)20-18(15)21/h2-9,19H,1H3,(H,20,21)(H,22,23,24). The van der Waals surface area contributed by atoms with Crippen LogP contribution in [-0.2, 0) is 14.9 Å². The van der Waals surface area contributed by atoms with Gasteiger partial charge in [0.2, 0.25) is 0 Å². The summed E-state index contributed by atoms with van der Waals surface area (Å²) >= 11 is 0. The monoisotopic (exact) mass is 370 g/mol. The zero-order valence-electron chi connectivity index (χ0n) is 13.6. The Kier molecular flexibility index (Phi) is 3.60. The van der Waals surface area contributed by atoms with Crippen molar-refractivity contribution in [3.63, 3.8) is 0 Å². The number of methoxy groups -OCH3 is 1. The summed E-state index contributed by atoms with van der Waals surface area (Å²) in [6.07, 6.45) is 3.43. The number of hydrogen-bond acceptors (Lipinski definition) is 4. The number of anilines is 1. The Hall–Kier alpha value is -3.10. The van der Waals surface area contributed by atoms with Crippen LogP contribution in [0.3, 0.4) is 0 Å². The highest BCUT2D eigenvalue weighted by atomic mass is 32.2. The van der Waals surface area contributed by atoms with E-state index in [2.05, 4.69) is 10.3 Å². The summed E-state index contributed by atoms with van der Waals surface area (Å²) in [4.78, 5) is 15.2. The van der Waals surface area contributed by atoms with Crippen molar-refractivity contribution in [2.45, 2.75) is 4.90 Å². The normalized spacial score (nSPS) is 15.3. The second kappa shape index (κ2) is 5.72. The molecule has 132 valence electrons. The molecular formula is C18H14N2O5S. The Bertz CT molecular complexity index is 1190.